The van der Waals surface area contributed by atoms with Gasteiger partial charge in [-0.3, -0.25) is 0 Å². The Kier molecular flexibility index (Phi) is 3.81. The van der Waals surface area contributed by atoms with E-state index >= 15 is 0 Å². The molecule has 6 heteroatoms. The van der Waals surface area contributed by atoms with Crippen LogP contribution in [-0.2, 0) is 0 Å². The molecule has 0 saturated heterocycles. The van der Waals surface area contributed by atoms with Gasteiger partial charge in [0.25, 0.3) is 0 Å². The summed E-state index contributed by atoms with van der Waals surface area (Å²) < 4.78 is 0. The molecule has 0 spiro atoms. The molecule has 0 bridgehead atoms. The van der Waals surface area contributed by atoms with E-state index in [0.717, 1.165) is 6.42 Å². The number of nitrogens with zero attached hydrogens (tertiary/aromatic N) is 2. The molecule has 4 nitrogen and oxygen atoms in total. The van der Waals surface area contributed by atoms with Crippen molar-refractivity contribution in [1.82, 2.24) is 9.97 Å². The topological polar surface area (TPSA) is 63.8 Å². The minimum absolute atomic E-state index is 0.196. The van der Waals surface area contributed by atoms with Crippen molar-refractivity contribution in [1.29, 1.82) is 0 Å². The molecule has 0 radical (unpaired) electrons. The van der Waals surface area contributed by atoms with Crippen LogP contribution in [0.2, 0.25) is 5.02 Å². The van der Waals surface area contributed by atoms with Gasteiger partial charge in [0.1, 0.15) is 17.2 Å². The number of hydrogen-bond donors (Lipinski definition) is 2. The standard InChI is InChI=1S/C11H13ClN4S/c1-2-7(8-4-3-5-17-8)16-11-9(12)10(13)14-6-15-11/h3-7H,2H2,1H3,(H3,13,14,15,16). The Hall–Kier alpha value is -1.33. The minimum Gasteiger partial charge on any atom is -0.382 e. The lowest BCUT2D eigenvalue weighted by Crippen LogP contribution is -2.10. The molecule has 2 aromatic rings. The van der Waals surface area contributed by atoms with Gasteiger partial charge in [-0.05, 0) is 17.9 Å². The molecular weight excluding hydrogens is 256 g/mol. The van der Waals surface area contributed by atoms with Gasteiger partial charge < -0.3 is 11.1 Å². The molecule has 2 heterocycles. The quantitative estimate of drug-likeness (QED) is 0.893. The first-order valence-electron chi connectivity index (χ1n) is 5.28. The van der Waals surface area contributed by atoms with Crippen LogP contribution in [0.1, 0.15) is 24.3 Å². The van der Waals surface area contributed by atoms with Gasteiger partial charge in [-0.25, -0.2) is 9.97 Å². The number of thiophene rings is 1. The molecule has 1 atom stereocenters. The number of halogens is 1. The van der Waals surface area contributed by atoms with E-state index < -0.39 is 0 Å². The van der Waals surface area contributed by atoms with Crippen molar-refractivity contribution in [2.75, 3.05) is 11.1 Å². The number of anilines is 2. The van der Waals surface area contributed by atoms with Crippen LogP contribution in [0, 0.1) is 0 Å². The van der Waals surface area contributed by atoms with Crippen molar-refractivity contribution in [3.63, 3.8) is 0 Å². The smallest absolute Gasteiger partial charge is 0.150 e. The Morgan fingerprint density at radius 1 is 1.53 bits per heavy atom. The summed E-state index contributed by atoms with van der Waals surface area (Å²) in [4.78, 5) is 9.19. The monoisotopic (exact) mass is 268 g/mol. The van der Waals surface area contributed by atoms with E-state index in [4.69, 9.17) is 17.3 Å². The van der Waals surface area contributed by atoms with Crippen molar-refractivity contribution in [3.8, 4) is 0 Å². The summed E-state index contributed by atoms with van der Waals surface area (Å²) in [5.74, 6) is 0.879. The SMILES string of the molecule is CCC(Nc1ncnc(N)c1Cl)c1cccs1. The van der Waals surface area contributed by atoms with E-state index in [-0.39, 0.29) is 6.04 Å². The second kappa shape index (κ2) is 5.33. The molecule has 1 unspecified atom stereocenters. The van der Waals surface area contributed by atoms with Crippen LogP contribution in [0.25, 0.3) is 0 Å². The number of nitrogen functional groups attached to an aromatic ring is 1. The molecule has 90 valence electrons. The first-order chi connectivity index (χ1) is 8.22. The molecule has 0 aliphatic rings. The van der Waals surface area contributed by atoms with Gasteiger partial charge in [-0.15, -0.1) is 11.3 Å². The van der Waals surface area contributed by atoms with Crippen molar-refractivity contribution < 1.29 is 0 Å². The predicted octanol–water partition coefficient (Wildman–Crippen LogP) is 3.34. The van der Waals surface area contributed by atoms with E-state index in [1.807, 2.05) is 6.07 Å². The molecule has 0 aliphatic carbocycles. The lowest BCUT2D eigenvalue weighted by Gasteiger charge is -2.17. The van der Waals surface area contributed by atoms with Gasteiger partial charge in [-0.2, -0.15) is 0 Å². The molecular formula is C11H13ClN4S. The molecule has 2 rings (SSSR count). The zero-order valence-corrected chi connectivity index (χ0v) is 10.9. The maximum Gasteiger partial charge on any atom is 0.150 e. The van der Waals surface area contributed by atoms with E-state index in [1.54, 1.807) is 11.3 Å². The van der Waals surface area contributed by atoms with E-state index in [0.29, 0.717) is 16.7 Å². The summed E-state index contributed by atoms with van der Waals surface area (Å²) in [5.41, 5.74) is 5.64. The molecule has 0 fully saturated rings. The van der Waals surface area contributed by atoms with Crippen molar-refractivity contribution in [3.05, 3.63) is 33.7 Å². The normalized spacial score (nSPS) is 12.4. The van der Waals surface area contributed by atoms with Crippen LogP contribution in [0.5, 0.6) is 0 Å². The van der Waals surface area contributed by atoms with Crippen molar-refractivity contribution in [2.45, 2.75) is 19.4 Å². The second-order valence-corrected chi connectivity index (χ2v) is 4.90. The lowest BCUT2D eigenvalue weighted by molar-refractivity contribution is 0.758. The summed E-state index contributed by atoms with van der Waals surface area (Å²) in [6.45, 7) is 2.11. The second-order valence-electron chi connectivity index (χ2n) is 3.54. The zero-order valence-electron chi connectivity index (χ0n) is 9.35. The third-order valence-corrected chi connectivity index (χ3v) is 3.78. The first-order valence-corrected chi connectivity index (χ1v) is 6.54. The Balaban J connectivity index is 2.22. The molecule has 2 aromatic heterocycles. The largest absolute Gasteiger partial charge is 0.382 e. The van der Waals surface area contributed by atoms with Gasteiger partial charge in [0.05, 0.1) is 6.04 Å². The summed E-state index contributed by atoms with van der Waals surface area (Å²) in [7, 11) is 0. The molecule has 0 amide bonds. The van der Waals surface area contributed by atoms with Gasteiger partial charge >= 0.3 is 0 Å². The third-order valence-electron chi connectivity index (χ3n) is 2.42. The van der Waals surface area contributed by atoms with Crippen LogP contribution < -0.4 is 11.1 Å². The van der Waals surface area contributed by atoms with E-state index in [1.165, 1.54) is 11.2 Å². The predicted molar refractivity (Wildman–Crippen MR) is 72.4 cm³/mol. The van der Waals surface area contributed by atoms with Crippen molar-refractivity contribution in [2.24, 2.45) is 0 Å². The van der Waals surface area contributed by atoms with Gasteiger partial charge in [-0.1, -0.05) is 24.6 Å². The average molecular weight is 269 g/mol. The summed E-state index contributed by atoms with van der Waals surface area (Å²) >= 11 is 7.75. The molecule has 0 aliphatic heterocycles. The first kappa shape index (κ1) is 12.1. The Morgan fingerprint density at radius 2 is 2.35 bits per heavy atom. The fourth-order valence-corrected chi connectivity index (χ4v) is 2.53. The highest BCUT2D eigenvalue weighted by molar-refractivity contribution is 7.10. The van der Waals surface area contributed by atoms with Crippen LogP contribution in [0.3, 0.4) is 0 Å². The highest BCUT2D eigenvalue weighted by atomic mass is 35.5. The van der Waals surface area contributed by atoms with Gasteiger partial charge in [0, 0.05) is 4.88 Å². The van der Waals surface area contributed by atoms with Crippen LogP contribution >= 0.6 is 22.9 Å². The van der Waals surface area contributed by atoms with Crippen molar-refractivity contribution >= 4 is 34.6 Å². The maximum absolute atomic E-state index is 6.05. The minimum atomic E-state index is 0.196. The zero-order chi connectivity index (χ0) is 12.3. The number of nitrogens with one attached hydrogen (secondary N) is 1. The molecule has 3 N–H and O–H groups in total. The highest BCUT2D eigenvalue weighted by Gasteiger charge is 2.14. The fourth-order valence-electron chi connectivity index (χ4n) is 1.51. The number of hydrogen-bond acceptors (Lipinski definition) is 5. The van der Waals surface area contributed by atoms with Crippen LogP contribution in [-0.4, -0.2) is 9.97 Å². The fraction of sp³-hybridized carbons (Fsp3) is 0.273. The highest BCUT2D eigenvalue weighted by Crippen LogP contribution is 2.30. The van der Waals surface area contributed by atoms with Gasteiger partial charge in [0.2, 0.25) is 0 Å². The van der Waals surface area contributed by atoms with Crippen LogP contribution in [0.4, 0.5) is 11.6 Å². The average Bonchev–Trinajstić information content (AvgIpc) is 2.85. The molecule has 0 aromatic carbocycles. The number of nitrogens with two attached hydrogens (primary N) is 1. The van der Waals surface area contributed by atoms with Crippen LogP contribution in [0.15, 0.2) is 23.8 Å². The summed E-state index contributed by atoms with van der Waals surface area (Å²) in [5, 5.41) is 5.72. The Morgan fingerprint density at radius 3 is 3.00 bits per heavy atom. The summed E-state index contributed by atoms with van der Waals surface area (Å²) in [6.07, 6.45) is 2.35. The van der Waals surface area contributed by atoms with E-state index in [2.05, 4.69) is 33.7 Å². The van der Waals surface area contributed by atoms with E-state index in [9.17, 15) is 0 Å². The molecule has 17 heavy (non-hydrogen) atoms. The third kappa shape index (κ3) is 2.68. The Labute approximate surface area is 109 Å². The Bertz CT molecular complexity index is 486. The lowest BCUT2D eigenvalue weighted by atomic mass is 10.2. The number of aromatic nitrogens is 2. The maximum atomic E-state index is 6.05. The summed E-state index contributed by atoms with van der Waals surface area (Å²) in [6, 6.07) is 4.31. The van der Waals surface area contributed by atoms with Gasteiger partial charge in [0.15, 0.2) is 5.82 Å². The number of rotatable bonds is 4. The molecule has 0 saturated carbocycles.